The standard InChI is InChI=1S/C23H27F3N4OS/c1-14-12-30(15(2)11-29(14)13-16-6-4-3-5-7-16)22-28-21(31)19-9-18(23(24,25)26)8-17(10-27)20(19)32-22/h8-9,14-16H,3-7,11-13H2,1-2H3/t14-,15+/m1/s1. The Labute approximate surface area is 189 Å². The zero-order valence-electron chi connectivity index (χ0n) is 18.3. The molecular weight excluding hydrogens is 437 g/mol. The van der Waals surface area contributed by atoms with Gasteiger partial charge in [-0.3, -0.25) is 9.69 Å². The van der Waals surface area contributed by atoms with Crippen molar-refractivity contribution in [2.45, 2.75) is 64.2 Å². The van der Waals surface area contributed by atoms with Crippen molar-refractivity contribution < 1.29 is 13.2 Å². The number of rotatable bonds is 3. The van der Waals surface area contributed by atoms with Crippen LogP contribution in [-0.2, 0) is 6.18 Å². The van der Waals surface area contributed by atoms with E-state index >= 15 is 0 Å². The number of hydrogen-bond acceptors (Lipinski definition) is 6. The zero-order valence-corrected chi connectivity index (χ0v) is 19.1. The fraction of sp³-hybridized carbons (Fsp3) is 0.609. The molecule has 9 heteroatoms. The maximum atomic E-state index is 13.2. The summed E-state index contributed by atoms with van der Waals surface area (Å²) < 4.78 is 39.8. The lowest BCUT2D eigenvalue weighted by atomic mass is 9.88. The molecule has 0 bridgehead atoms. The zero-order chi connectivity index (χ0) is 23.0. The smallest absolute Gasteiger partial charge is 0.342 e. The number of anilines is 1. The second-order valence-electron chi connectivity index (χ2n) is 9.12. The topological polar surface area (TPSA) is 60.2 Å². The lowest BCUT2D eigenvalue weighted by molar-refractivity contribution is -0.137. The molecule has 2 fully saturated rings. The number of piperazine rings is 1. The summed E-state index contributed by atoms with van der Waals surface area (Å²) in [5.41, 5.74) is -1.86. The Kier molecular flexibility index (Phi) is 6.46. The minimum Gasteiger partial charge on any atom is -0.342 e. The predicted octanol–water partition coefficient (Wildman–Crippen LogP) is 5.03. The van der Waals surface area contributed by atoms with Gasteiger partial charge in [-0.05, 0) is 44.7 Å². The van der Waals surface area contributed by atoms with Crippen molar-refractivity contribution >= 4 is 26.6 Å². The summed E-state index contributed by atoms with van der Waals surface area (Å²) in [5.74, 6) is 0.737. The first-order valence-corrected chi connectivity index (χ1v) is 12.0. The molecule has 1 saturated carbocycles. The van der Waals surface area contributed by atoms with Gasteiger partial charge in [-0.15, -0.1) is 0 Å². The molecule has 1 aliphatic heterocycles. The molecule has 1 aromatic carbocycles. The van der Waals surface area contributed by atoms with Gasteiger partial charge in [0.15, 0.2) is 5.13 Å². The molecule has 2 atom stereocenters. The maximum absolute atomic E-state index is 13.2. The van der Waals surface area contributed by atoms with E-state index in [9.17, 15) is 23.2 Å². The Morgan fingerprint density at radius 1 is 1.16 bits per heavy atom. The third-order valence-corrected chi connectivity index (χ3v) is 7.89. The average Bonchev–Trinajstić information content (AvgIpc) is 2.75. The molecule has 32 heavy (non-hydrogen) atoms. The monoisotopic (exact) mass is 464 g/mol. The minimum absolute atomic E-state index is 0.107. The van der Waals surface area contributed by atoms with E-state index in [0.29, 0.717) is 11.7 Å². The summed E-state index contributed by atoms with van der Waals surface area (Å²) in [6, 6.07) is 3.83. The van der Waals surface area contributed by atoms with Crippen LogP contribution in [0.2, 0.25) is 0 Å². The largest absolute Gasteiger partial charge is 0.416 e. The summed E-state index contributed by atoms with van der Waals surface area (Å²) >= 11 is 1.13. The Morgan fingerprint density at radius 3 is 2.53 bits per heavy atom. The van der Waals surface area contributed by atoms with E-state index in [1.54, 1.807) is 0 Å². The molecule has 0 radical (unpaired) electrons. The molecule has 5 nitrogen and oxygen atoms in total. The highest BCUT2D eigenvalue weighted by Crippen LogP contribution is 2.36. The summed E-state index contributed by atoms with van der Waals surface area (Å²) in [6.45, 7) is 6.86. The molecule has 2 heterocycles. The number of alkyl halides is 3. The van der Waals surface area contributed by atoms with Gasteiger partial charge in [0.1, 0.15) is 6.07 Å². The predicted molar refractivity (Wildman–Crippen MR) is 120 cm³/mol. The Hall–Kier alpha value is -2.18. The molecule has 4 rings (SSSR count). The van der Waals surface area contributed by atoms with Crippen molar-refractivity contribution in [1.82, 2.24) is 9.88 Å². The van der Waals surface area contributed by atoms with Crippen LogP contribution in [0.5, 0.6) is 0 Å². The van der Waals surface area contributed by atoms with Gasteiger partial charge in [-0.2, -0.15) is 23.4 Å². The SMILES string of the molecule is C[C@@H]1CN(c2nc(=O)c3cc(C(F)(F)F)cc(C#N)c3s2)[C@@H](C)CN1CC1CCCCC1. The lowest BCUT2D eigenvalue weighted by Crippen LogP contribution is -2.57. The Bertz CT molecular complexity index is 1090. The van der Waals surface area contributed by atoms with Crippen molar-refractivity contribution in [2.75, 3.05) is 24.5 Å². The molecular formula is C23H27F3N4OS. The van der Waals surface area contributed by atoms with E-state index < -0.39 is 17.3 Å². The van der Waals surface area contributed by atoms with E-state index in [4.69, 9.17) is 0 Å². The van der Waals surface area contributed by atoms with Crippen molar-refractivity contribution in [3.8, 4) is 6.07 Å². The first-order valence-electron chi connectivity index (χ1n) is 11.1. The number of hydrogen-bond donors (Lipinski definition) is 0. The Balaban J connectivity index is 1.62. The summed E-state index contributed by atoms with van der Waals surface area (Å²) in [7, 11) is 0. The molecule has 1 saturated heterocycles. The van der Waals surface area contributed by atoms with E-state index in [1.165, 1.54) is 32.1 Å². The van der Waals surface area contributed by atoms with Crippen LogP contribution in [0.3, 0.4) is 0 Å². The third kappa shape index (κ3) is 4.62. The molecule has 1 aromatic heterocycles. The fourth-order valence-corrected chi connectivity index (χ4v) is 6.10. The van der Waals surface area contributed by atoms with Gasteiger partial charge in [0.05, 0.1) is 21.2 Å². The molecule has 1 aliphatic carbocycles. The van der Waals surface area contributed by atoms with Gasteiger partial charge in [-0.1, -0.05) is 30.6 Å². The fourth-order valence-electron chi connectivity index (χ4n) is 4.95. The van der Waals surface area contributed by atoms with Gasteiger partial charge in [0.2, 0.25) is 0 Å². The molecule has 0 amide bonds. The van der Waals surface area contributed by atoms with E-state index in [0.717, 1.165) is 42.5 Å². The molecule has 0 spiro atoms. The van der Waals surface area contributed by atoms with Gasteiger partial charge in [0.25, 0.3) is 5.56 Å². The van der Waals surface area contributed by atoms with Crippen molar-refractivity contribution in [3.05, 3.63) is 33.6 Å². The van der Waals surface area contributed by atoms with Crippen LogP contribution in [0, 0.1) is 17.2 Å². The summed E-state index contributed by atoms with van der Waals surface area (Å²) in [5, 5.41) is 9.77. The number of nitriles is 1. The van der Waals surface area contributed by atoms with Crippen LogP contribution in [0.25, 0.3) is 10.1 Å². The summed E-state index contributed by atoms with van der Waals surface area (Å²) in [6.07, 6.45) is 1.88. The molecule has 2 aromatic rings. The van der Waals surface area contributed by atoms with Crippen LogP contribution in [0.15, 0.2) is 16.9 Å². The second-order valence-corrected chi connectivity index (χ2v) is 10.1. The van der Waals surface area contributed by atoms with Crippen molar-refractivity contribution in [2.24, 2.45) is 5.92 Å². The van der Waals surface area contributed by atoms with Gasteiger partial charge >= 0.3 is 6.18 Å². The van der Waals surface area contributed by atoms with Crippen LogP contribution in [0.4, 0.5) is 18.3 Å². The van der Waals surface area contributed by atoms with E-state index in [1.807, 2.05) is 6.07 Å². The van der Waals surface area contributed by atoms with Crippen LogP contribution < -0.4 is 10.5 Å². The highest BCUT2D eigenvalue weighted by atomic mass is 32.1. The first kappa shape index (κ1) is 23.0. The van der Waals surface area contributed by atoms with Crippen molar-refractivity contribution in [3.63, 3.8) is 0 Å². The number of aromatic nitrogens is 1. The van der Waals surface area contributed by atoms with Gasteiger partial charge in [-0.25, -0.2) is 0 Å². The van der Waals surface area contributed by atoms with Crippen molar-refractivity contribution in [1.29, 1.82) is 5.26 Å². The second kappa shape index (κ2) is 8.99. The number of nitrogens with zero attached hydrogens (tertiary/aromatic N) is 4. The number of halogens is 3. The third-order valence-electron chi connectivity index (χ3n) is 6.74. The van der Waals surface area contributed by atoms with Crippen LogP contribution in [-0.4, -0.2) is 41.6 Å². The van der Waals surface area contributed by atoms with E-state index in [-0.39, 0.29) is 27.7 Å². The minimum atomic E-state index is -4.63. The number of fused-ring (bicyclic) bond motifs is 1. The molecule has 172 valence electrons. The average molecular weight is 465 g/mol. The van der Waals surface area contributed by atoms with Gasteiger partial charge in [0, 0.05) is 31.7 Å². The number of benzene rings is 1. The molecule has 0 unspecified atom stereocenters. The molecule has 0 N–H and O–H groups in total. The Morgan fingerprint density at radius 2 is 1.88 bits per heavy atom. The molecule has 2 aliphatic rings. The normalized spacial score (nSPS) is 23.4. The maximum Gasteiger partial charge on any atom is 0.416 e. The van der Waals surface area contributed by atoms with E-state index in [2.05, 4.69) is 28.6 Å². The highest BCUT2D eigenvalue weighted by Gasteiger charge is 2.34. The van der Waals surface area contributed by atoms with Crippen LogP contribution >= 0.6 is 11.3 Å². The summed E-state index contributed by atoms with van der Waals surface area (Å²) in [4.78, 5) is 21.4. The van der Waals surface area contributed by atoms with Crippen LogP contribution in [0.1, 0.15) is 57.1 Å². The first-order chi connectivity index (χ1) is 15.2. The quantitative estimate of drug-likeness (QED) is 0.638. The lowest BCUT2D eigenvalue weighted by Gasteiger charge is -2.45. The highest BCUT2D eigenvalue weighted by molar-refractivity contribution is 7.22. The van der Waals surface area contributed by atoms with Gasteiger partial charge < -0.3 is 4.90 Å².